The van der Waals surface area contributed by atoms with E-state index in [1.54, 1.807) is 4.57 Å². The number of aromatic nitrogens is 4. The molecule has 2 amide bonds. The average molecular weight is 678 g/mol. The van der Waals surface area contributed by atoms with Crippen molar-refractivity contribution in [3.05, 3.63) is 55.7 Å². The number of benzene rings is 1. The lowest BCUT2D eigenvalue weighted by Crippen LogP contribution is -2.64. The third-order valence-electron chi connectivity index (χ3n) is 9.85. The summed E-state index contributed by atoms with van der Waals surface area (Å²) >= 11 is 3.28. The first kappa shape index (κ1) is 29.3. The monoisotopic (exact) mass is 676 g/mol. The van der Waals surface area contributed by atoms with Gasteiger partial charge in [-0.05, 0) is 105 Å². The van der Waals surface area contributed by atoms with E-state index in [2.05, 4.69) is 31.3 Å². The fraction of sp³-hybridized carbons (Fsp3) is 0.567. The summed E-state index contributed by atoms with van der Waals surface area (Å²) in [6.07, 6.45) is -1.65. The van der Waals surface area contributed by atoms with Gasteiger partial charge in [0.05, 0.1) is 5.56 Å². The smallest absolute Gasteiger partial charge is 0.416 e. The highest BCUT2D eigenvalue weighted by molar-refractivity contribution is 9.10. The minimum Gasteiger partial charge on any atom is -0.444 e. The number of likely N-dealkylation sites (tertiary alicyclic amines) is 1. The lowest BCUT2D eigenvalue weighted by atomic mass is 9.54. The quantitative estimate of drug-likeness (QED) is 0.398. The van der Waals surface area contributed by atoms with Crippen molar-refractivity contribution >= 4 is 39.4 Å². The Labute approximate surface area is 259 Å². The Bertz CT molecular complexity index is 1800. The van der Waals surface area contributed by atoms with E-state index in [1.165, 1.54) is 17.5 Å². The Morgan fingerprint density at radius 3 is 2.57 bits per heavy atom. The molecule has 3 heterocycles. The molecule has 14 heteroatoms. The number of nitrogens with zero attached hydrogens (tertiary/aromatic N) is 5. The number of anilines is 1. The van der Waals surface area contributed by atoms with E-state index in [0.29, 0.717) is 18.5 Å². The number of alkyl halides is 3. The van der Waals surface area contributed by atoms with Gasteiger partial charge in [0.15, 0.2) is 0 Å². The van der Waals surface area contributed by atoms with Crippen LogP contribution in [0.15, 0.2) is 27.7 Å². The van der Waals surface area contributed by atoms with Crippen LogP contribution in [0.25, 0.3) is 5.78 Å². The van der Waals surface area contributed by atoms with Crippen molar-refractivity contribution in [2.75, 3.05) is 11.9 Å². The number of carbonyl (C=O) groups excluding carboxylic acids is 2. The molecule has 3 fully saturated rings. The summed E-state index contributed by atoms with van der Waals surface area (Å²) in [6, 6.07) is 3.14. The molecule has 1 saturated heterocycles. The van der Waals surface area contributed by atoms with Crippen LogP contribution in [0, 0.1) is 18.8 Å². The third kappa shape index (κ3) is 4.38. The van der Waals surface area contributed by atoms with E-state index in [1.807, 2.05) is 25.7 Å². The molecule has 3 aromatic rings. The number of aryl methyl sites for hydroxylation is 1. The molecule has 0 radical (unpaired) electrons. The zero-order chi connectivity index (χ0) is 31.5. The Morgan fingerprint density at radius 2 is 1.93 bits per heavy atom. The predicted molar refractivity (Wildman–Crippen MR) is 156 cm³/mol. The molecule has 1 N–H and O–H groups in total. The largest absolute Gasteiger partial charge is 0.444 e. The van der Waals surface area contributed by atoms with E-state index in [9.17, 15) is 27.6 Å². The first-order valence-electron chi connectivity index (χ1n) is 14.8. The van der Waals surface area contributed by atoms with Crippen LogP contribution in [0.4, 0.5) is 23.7 Å². The van der Waals surface area contributed by atoms with Crippen molar-refractivity contribution in [1.29, 1.82) is 0 Å². The summed E-state index contributed by atoms with van der Waals surface area (Å²) in [5.41, 5.74) is -0.136. The maximum atomic E-state index is 14.2. The number of nitrogens with one attached hydrogen (secondary N) is 1. The molecule has 3 aliphatic carbocycles. The number of hydrogen-bond acceptors (Lipinski definition) is 6. The molecular formula is C30H32BrF3N6O4. The van der Waals surface area contributed by atoms with Crippen molar-refractivity contribution in [2.24, 2.45) is 11.8 Å². The highest BCUT2D eigenvalue weighted by atomic mass is 79.9. The van der Waals surface area contributed by atoms with E-state index < -0.39 is 28.7 Å². The summed E-state index contributed by atoms with van der Waals surface area (Å²) < 4.78 is 48.4. The summed E-state index contributed by atoms with van der Waals surface area (Å²) in [6.45, 7) is 7.30. The topological polar surface area (TPSA) is 111 Å². The van der Waals surface area contributed by atoms with Gasteiger partial charge < -0.3 is 19.5 Å². The third-order valence-corrected chi connectivity index (χ3v) is 10.2. The predicted octanol–water partition coefficient (Wildman–Crippen LogP) is 5.39. The van der Waals surface area contributed by atoms with E-state index in [4.69, 9.17) is 4.74 Å². The maximum absolute atomic E-state index is 14.2. The van der Waals surface area contributed by atoms with Crippen molar-refractivity contribution in [1.82, 2.24) is 24.1 Å². The van der Waals surface area contributed by atoms with Gasteiger partial charge in [-0.2, -0.15) is 22.7 Å². The molecule has 0 unspecified atom stereocenters. The molecular weight excluding hydrogens is 645 g/mol. The second-order valence-corrected chi connectivity index (χ2v) is 14.2. The van der Waals surface area contributed by atoms with Crippen LogP contribution in [-0.2, 0) is 27.7 Å². The van der Waals surface area contributed by atoms with Gasteiger partial charge in [0.1, 0.15) is 12.1 Å². The molecule has 234 valence electrons. The fourth-order valence-electron chi connectivity index (χ4n) is 8.02. The Kier molecular flexibility index (Phi) is 6.35. The van der Waals surface area contributed by atoms with Gasteiger partial charge in [-0.25, -0.2) is 4.79 Å². The first-order chi connectivity index (χ1) is 20.6. The number of halogens is 4. The Hall–Kier alpha value is -3.42. The molecule has 5 atom stereocenters. The second-order valence-electron chi connectivity index (χ2n) is 13.5. The Morgan fingerprint density at radius 1 is 1.18 bits per heavy atom. The molecule has 0 bridgehead atoms. The molecule has 1 spiro atoms. The number of ether oxygens (including phenoxy) is 1. The zero-order valence-electron chi connectivity index (χ0n) is 24.7. The fourth-order valence-corrected chi connectivity index (χ4v) is 8.34. The van der Waals surface area contributed by atoms with Crippen molar-refractivity contribution in [3.63, 3.8) is 0 Å². The second kappa shape index (κ2) is 9.54. The molecule has 10 nitrogen and oxygen atoms in total. The van der Waals surface area contributed by atoms with E-state index >= 15 is 0 Å². The van der Waals surface area contributed by atoms with Crippen molar-refractivity contribution in [3.8, 4) is 0 Å². The molecule has 4 aliphatic rings. The van der Waals surface area contributed by atoms with E-state index in [0.717, 1.165) is 37.1 Å². The maximum Gasteiger partial charge on any atom is 0.416 e. The first-order valence-corrected chi connectivity index (χ1v) is 15.6. The van der Waals surface area contributed by atoms with Gasteiger partial charge in [0.25, 0.3) is 5.56 Å². The normalized spacial score (nSPS) is 27.0. The van der Waals surface area contributed by atoms with Gasteiger partial charge in [0.2, 0.25) is 16.4 Å². The van der Waals surface area contributed by atoms with Crippen LogP contribution in [-0.4, -0.2) is 54.3 Å². The van der Waals surface area contributed by atoms with Crippen molar-refractivity contribution < 1.29 is 27.5 Å². The minimum atomic E-state index is -4.49. The summed E-state index contributed by atoms with van der Waals surface area (Å²) in [5.74, 6) is 0.112. The number of carbonyl (C=O) groups is 2. The van der Waals surface area contributed by atoms with Crippen LogP contribution in [0.1, 0.15) is 74.8 Å². The van der Waals surface area contributed by atoms with Gasteiger partial charge in [-0.3, -0.25) is 9.59 Å². The molecule has 2 saturated carbocycles. The lowest BCUT2D eigenvalue weighted by molar-refractivity contribution is -0.137. The van der Waals surface area contributed by atoms with Crippen LogP contribution in [0.5, 0.6) is 0 Å². The van der Waals surface area contributed by atoms with Crippen LogP contribution in [0.3, 0.4) is 0 Å². The number of amides is 2. The number of piperidine rings is 1. The van der Waals surface area contributed by atoms with E-state index in [-0.39, 0.29) is 63.8 Å². The van der Waals surface area contributed by atoms with Gasteiger partial charge >= 0.3 is 12.3 Å². The summed E-state index contributed by atoms with van der Waals surface area (Å²) in [7, 11) is 0. The number of fused-ring (bicyclic) bond motifs is 8. The van der Waals surface area contributed by atoms with Crippen LogP contribution < -0.4 is 10.9 Å². The highest BCUT2D eigenvalue weighted by Crippen LogP contribution is 2.72. The zero-order valence-corrected chi connectivity index (χ0v) is 26.3. The van der Waals surface area contributed by atoms with Crippen LogP contribution >= 0.6 is 15.9 Å². The number of rotatable bonds is 3. The van der Waals surface area contributed by atoms with Gasteiger partial charge in [-0.15, -0.1) is 5.10 Å². The summed E-state index contributed by atoms with van der Waals surface area (Å²) in [4.78, 5) is 47.0. The molecule has 1 aliphatic heterocycles. The summed E-state index contributed by atoms with van der Waals surface area (Å²) in [5, 5.41) is 7.06. The SMILES string of the molecule is Cc1cc(C(F)(F)F)ccc1NC(=O)Cn1c2c(c(=O)n3nc(Br)nc13)[C@]1(CCN(C(=O)OC(C)(C)C)[C@H]3CC[C@H]31)[C@@H]1C[C@H]21. The van der Waals surface area contributed by atoms with Crippen LogP contribution in [0.2, 0.25) is 0 Å². The molecule has 2 aromatic heterocycles. The Balaban J connectivity index is 1.25. The lowest BCUT2D eigenvalue weighted by Gasteiger charge is -2.57. The number of hydrogen-bond donors (Lipinski definition) is 1. The molecule has 44 heavy (non-hydrogen) atoms. The standard InChI is InChI=1S/C30H32BrF3N6O4/c1-14-11-15(30(32,33)34)5-7-19(14)35-21(41)13-39-23-16-12-18(16)29(22(23)24(42)40-26(39)36-25(31)37-40)9-10-38(20-8-6-17(20)29)27(43)44-28(2,3)4/h5,7,11,16-18,20H,6,8-10,12-13H2,1-4H3,(H,35,41)/t16-,17+,18+,20-,29-/m0/s1. The highest BCUT2D eigenvalue weighted by Gasteiger charge is 2.70. The average Bonchev–Trinajstić information content (AvgIpc) is 3.51. The molecule has 1 aromatic carbocycles. The molecule has 7 rings (SSSR count). The van der Waals surface area contributed by atoms with Crippen molar-refractivity contribution in [2.45, 2.75) is 89.1 Å². The van der Waals surface area contributed by atoms with Gasteiger partial charge in [-0.1, -0.05) is 0 Å². The van der Waals surface area contributed by atoms with Gasteiger partial charge in [0, 0.05) is 40.9 Å². The minimum absolute atomic E-state index is 0.0391.